The lowest BCUT2D eigenvalue weighted by molar-refractivity contribution is 0.351. The van der Waals surface area contributed by atoms with E-state index in [-0.39, 0.29) is 4.83 Å². The smallest absolute Gasteiger partial charge is 0.165 e. The molecule has 4 heteroatoms. The molecule has 1 unspecified atom stereocenters. The van der Waals surface area contributed by atoms with Crippen molar-refractivity contribution in [2.75, 3.05) is 14.2 Å². The van der Waals surface area contributed by atoms with Crippen LogP contribution in [0.5, 0.6) is 11.5 Å². The number of ether oxygens (including phenoxy) is 2. The zero-order valence-electron chi connectivity index (χ0n) is 10.4. The largest absolute Gasteiger partial charge is 0.493 e. The molecule has 2 aromatic rings. The Morgan fingerprint density at radius 3 is 2.61 bits per heavy atom. The second-order valence-corrected chi connectivity index (χ2v) is 5.97. The molecule has 18 heavy (non-hydrogen) atoms. The van der Waals surface area contributed by atoms with E-state index in [1.165, 1.54) is 4.88 Å². The lowest BCUT2D eigenvalue weighted by Crippen LogP contribution is -2.00. The van der Waals surface area contributed by atoms with E-state index >= 15 is 0 Å². The molecule has 1 heterocycles. The van der Waals surface area contributed by atoms with Crippen LogP contribution in [0.4, 0.5) is 0 Å². The zero-order chi connectivity index (χ0) is 13.0. The van der Waals surface area contributed by atoms with Gasteiger partial charge in [0.1, 0.15) is 0 Å². The number of para-hydroxylation sites is 1. The van der Waals surface area contributed by atoms with Gasteiger partial charge in [0.05, 0.1) is 14.2 Å². The standard InChI is InChI=1S/C14H15BrO2S/c1-16-13-7-3-6-11(14(13)17-2)12(15)9-10-5-4-8-18-10/h3-8,12H,9H2,1-2H3. The highest BCUT2D eigenvalue weighted by Gasteiger charge is 2.17. The normalized spacial score (nSPS) is 12.2. The molecule has 1 atom stereocenters. The van der Waals surface area contributed by atoms with E-state index in [1.807, 2.05) is 12.1 Å². The Morgan fingerprint density at radius 2 is 2.00 bits per heavy atom. The highest BCUT2D eigenvalue weighted by Crippen LogP contribution is 2.39. The van der Waals surface area contributed by atoms with Crippen LogP contribution in [0.3, 0.4) is 0 Å². The minimum absolute atomic E-state index is 0.223. The molecule has 0 N–H and O–H groups in total. The number of hydrogen-bond donors (Lipinski definition) is 0. The monoisotopic (exact) mass is 326 g/mol. The van der Waals surface area contributed by atoms with Gasteiger partial charge in [-0.25, -0.2) is 0 Å². The summed E-state index contributed by atoms with van der Waals surface area (Å²) in [7, 11) is 3.33. The maximum absolute atomic E-state index is 5.46. The van der Waals surface area contributed by atoms with Gasteiger partial charge >= 0.3 is 0 Å². The summed E-state index contributed by atoms with van der Waals surface area (Å²) in [6, 6.07) is 10.2. The van der Waals surface area contributed by atoms with Gasteiger partial charge in [-0.15, -0.1) is 11.3 Å². The lowest BCUT2D eigenvalue weighted by Gasteiger charge is -2.16. The van der Waals surface area contributed by atoms with Crippen molar-refractivity contribution in [2.24, 2.45) is 0 Å². The summed E-state index contributed by atoms with van der Waals surface area (Å²) in [5, 5.41) is 2.10. The van der Waals surface area contributed by atoms with Gasteiger partial charge in [-0.05, 0) is 23.9 Å². The van der Waals surface area contributed by atoms with Crippen molar-refractivity contribution in [3.8, 4) is 11.5 Å². The minimum Gasteiger partial charge on any atom is -0.493 e. The zero-order valence-corrected chi connectivity index (χ0v) is 12.8. The van der Waals surface area contributed by atoms with Gasteiger partial charge in [0.2, 0.25) is 0 Å². The molecule has 0 amide bonds. The summed E-state index contributed by atoms with van der Waals surface area (Å²) in [5.41, 5.74) is 1.12. The van der Waals surface area contributed by atoms with E-state index in [0.29, 0.717) is 0 Å². The third-order valence-electron chi connectivity index (χ3n) is 2.73. The van der Waals surface area contributed by atoms with Crippen molar-refractivity contribution in [3.05, 3.63) is 46.2 Å². The van der Waals surface area contributed by atoms with Crippen molar-refractivity contribution < 1.29 is 9.47 Å². The fourth-order valence-electron chi connectivity index (χ4n) is 1.87. The first-order valence-electron chi connectivity index (χ1n) is 5.63. The fourth-order valence-corrected chi connectivity index (χ4v) is 3.55. The third kappa shape index (κ3) is 2.87. The van der Waals surface area contributed by atoms with Gasteiger partial charge in [0.25, 0.3) is 0 Å². The highest BCUT2D eigenvalue weighted by atomic mass is 79.9. The highest BCUT2D eigenvalue weighted by molar-refractivity contribution is 9.09. The molecule has 0 spiro atoms. The molecular formula is C14H15BrO2S. The van der Waals surface area contributed by atoms with E-state index in [1.54, 1.807) is 25.6 Å². The van der Waals surface area contributed by atoms with E-state index in [2.05, 4.69) is 39.5 Å². The maximum atomic E-state index is 5.46. The van der Waals surface area contributed by atoms with Crippen molar-refractivity contribution in [2.45, 2.75) is 11.2 Å². The van der Waals surface area contributed by atoms with Crippen LogP contribution in [0.25, 0.3) is 0 Å². The van der Waals surface area contributed by atoms with Crippen LogP contribution in [0, 0.1) is 0 Å². The molecule has 0 saturated heterocycles. The minimum atomic E-state index is 0.223. The van der Waals surface area contributed by atoms with Crippen LogP contribution in [-0.4, -0.2) is 14.2 Å². The van der Waals surface area contributed by atoms with Crippen LogP contribution in [0.15, 0.2) is 35.7 Å². The predicted octanol–water partition coefficient (Wildman–Crippen LogP) is 4.44. The van der Waals surface area contributed by atoms with Crippen LogP contribution in [0.2, 0.25) is 0 Å². The summed E-state index contributed by atoms with van der Waals surface area (Å²) in [5.74, 6) is 1.57. The molecule has 0 aliphatic rings. The molecule has 0 saturated carbocycles. The lowest BCUT2D eigenvalue weighted by atomic mass is 10.1. The molecule has 1 aromatic heterocycles. The molecule has 0 bridgehead atoms. The number of benzene rings is 1. The van der Waals surface area contributed by atoms with E-state index in [9.17, 15) is 0 Å². The molecule has 96 valence electrons. The topological polar surface area (TPSA) is 18.5 Å². The Balaban J connectivity index is 2.26. The summed E-state index contributed by atoms with van der Waals surface area (Å²) in [4.78, 5) is 1.57. The number of halogens is 1. The molecule has 1 aromatic carbocycles. The number of methoxy groups -OCH3 is 2. The Bertz CT molecular complexity index is 497. The summed E-state index contributed by atoms with van der Waals surface area (Å²) >= 11 is 5.50. The first-order valence-corrected chi connectivity index (χ1v) is 7.43. The number of alkyl halides is 1. The first-order chi connectivity index (χ1) is 8.76. The van der Waals surface area contributed by atoms with Crippen LogP contribution in [0.1, 0.15) is 15.3 Å². The van der Waals surface area contributed by atoms with Gasteiger partial charge in [0, 0.05) is 15.3 Å². The maximum Gasteiger partial charge on any atom is 0.165 e. The summed E-state index contributed by atoms with van der Waals surface area (Å²) < 4.78 is 10.8. The van der Waals surface area contributed by atoms with Crippen molar-refractivity contribution in [1.82, 2.24) is 0 Å². The number of thiophene rings is 1. The molecule has 0 aliphatic heterocycles. The Kier molecular flexibility index (Phi) is 4.66. The van der Waals surface area contributed by atoms with Crippen LogP contribution in [-0.2, 0) is 6.42 Å². The van der Waals surface area contributed by atoms with Crippen molar-refractivity contribution in [1.29, 1.82) is 0 Å². The molecule has 2 rings (SSSR count). The third-order valence-corrected chi connectivity index (χ3v) is 4.45. The summed E-state index contributed by atoms with van der Waals surface area (Å²) in [6.45, 7) is 0. The van der Waals surface area contributed by atoms with E-state index < -0.39 is 0 Å². The van der Waals surface area contributed by atoms with Crippen LogP contribution >= 0.6 is 27.3 Å². The Hall–Kier alpha value is -1.00. The Morgan fingerprint density at radius 1 is 1.17 bits per heavy atom. The van der Waals surface area contributed by atoms with Gasteiger partial charge in [-0.3, -0.25) is 0 Å². The molecule has 2 nitrogen and oxygen atoms in total. The van der Waals surface area contributed by atoms with Crippen molar-refractivity contribution in [3.63, 3.8) is 0 Å². The molecular weight excluding hydrogens is 312 g/mol. The Labute approximate surface area is 120 Å². The van der Waals surface area contributed by atoms with Crippen molar-refractivity contribution >= 4 is 27.3 Å². The quantitative estimate of drug-likeness (QED) is 0.756. The molecule has 0 radical (unpaired) electrons. The molecule has 0 aliphatic carbocycles. The average molecular weight is 327 g/mol. The van der Waals surface area contributed by atoms with E-state index in [4.69, 9.17) is 9.47 Å². The predicted molar refractivity (Wildman–Crippen MR) is 79.2 cm³/mol. The van der Waals surface area contributed by atoms with Gasteiger partial charge in [0.15, 0.2) is 11.5 Å². The fraction of sp³-hybridized carbons (Fsp3) is 0.286. The number of hydrogen-bond acceptors (Lipinski definition) is 3. The van der Waals surface area contributed by atoms with Gasteiger partial charge in [-0.1, -0.05) is 34.1 Å². The average Bonchev–Trinajstić information content (AvgIpc) is 2.90. The SMILES string of the molecule is COc1cccc(C(Br)Cc2cccs2)c1OC. The second-order valence-electron chi connectivity index (χ2n) is 3.83. The molecule has 0 fully saturated rings. The first kappa shape index (κ1) is 13.4. The second kappa shape index (κ2) is 6.25. The van der Waals surface area contributed by atoms with E-state index in [0.717, 1.165) is 23.5 Å². The summed E-state index contributed by atoms with van der Waals surface area (Å²) in [6.07, 6.45) is 0.946. The van der Waals surface area contributed by atoms with Gasteiger partial charge < -0.3 is 9.47 Å². The van der Waals surface area contributed by atoms with Crippen LogP contribution < -0.4 is 9.47 Å². The number of rotatable bonds is 5. The van der Waals surface area contributed by atoms with Gasteiger partial charge in [-0.2, -0.15) is 0 Å².